The Morgan fingerprint density at radius 1 is 1.36 bits per heavy atom. The molecule has 1 aliphatic heterocycles. The van der Waals surface area contributed by atoms with Crippen molar-refractivity contribution in [2.45, 2.75) is 12.8 Å². The summed E-state index contributed by atoms with van der Waals surface area (Å²) in [6.45, 7) is 1.85. The second-order valence-corrected chi connectivity index (χ2v) is 3.78. The van der Waals surface area contributed by atoms with Gasteiger partial charge in [-0.25, -0.2) is 0 Å². The van der Waals surface area contributed by atoms with Crippen LogP contribution in [0.4, 0.5) is 0 Å². The van der Waals surface area contributed by atoms with Crippen molar-refractivity contribution in [2.75, 3.05) is 20.3 Å². The second-order valence-electron chi connectivity index (χ2n) is 3.78. The van der Waals surface area contributed by atoms with Gasteiger partial charge >= 0.3 is 0 Å². The number of hydrogen-bond donors (Lipinski definition) is 0. The molecule has 1 fully saturated rings. The molecule has 0 aromatic heterocycles. The number of hydrogen-bond acceptors (Lipinski definition) is 2. The van der Waals surface area contributed by atoms with Crippen LogP contribution in [-0.2, 0) is 11.2 Å². The van der Waals surface area contributed by atoms with Gasteiger partial charge in [-0.3, -0.25) is 0 Å². The SMILES string of the molecule is COc1ccc(CC2CCOC2)cc1. The molecule has 76 valence electrons. The third-order valence-electron chi connectivity index (χ3n) is 2.71. The lowest BCUT2D eigenvalue weighted by Gasteiger charge is -2.07. The van der Waals surface area contributed by atoms with Crippen LogP contribution in [0.5, 0.6) is 5.75 Å². The molecular weight excluding hydrogens is 176 g/mol. The highest BCUT2D eigenvalue weighted by molar-refractivity contribution is 5.27. The highest BCUT2D eigenvalue weighted by Crippen LogP contribution is 2.19. The van der Waals surface area contributed by atoms with Crippen LogP contribution in [0.1, 0.15) is 12.0 Å². The molecule has 0 aliphatic carbocycles. The largest absolute Gasteiger partial charge is 0.497 e. The van der Waals surface area contributed by atoms with Crippen LogP contribution in [0, 0.1) is 5.92 Å². The first kappa shape index (κ1) is 9.53. The Morgan fingerprint density at radius 2 is 2.14 bits per heavy atom. The zero-order chi connectivity index (χ0) is 9.80. The maximum absolute atomic E-state index is 5.35. The fourth-order valence-corrected chi connectivity index (χ4v) is 1.84. The fraction of sp³-hybridized carbons (Fsp3) is 0.500. The molecule has 0 radical (unpaired) electrons. The lowest BCUT2D eigenvalue weighted by Crippen LogP contribution is -2.03. The van der Waals surface area contributed by atoms with E-state index in [0.717, 1.165) is 25.4 Å². The Hall–Kier alpha value is -1.02. The first-order valence-corrected chi connectivity index (χ1v) is 5.09. The van der Waals surface area contributed by atoms with Crippen molar-refractivity contribution in [2.24, 2.45) is 5.92 Å². The lowest BCUT2D eigenvalue weighted by atomic mass is 9.99. The number of benzene rings is 1. The molecule has 0 bridgehead atoms. The first-order chi connectivity index (χ1) is 6.88. The quantitative estimate of drug-likeness (QED) is 0.731. The van der Waals surface area contributed by atoms with Gasteiger partial charge in [0.2, 0.25) is 0 Å². The molecule has 0 N–H and O–H groups in total. The highest BCUT2D eigenvalue weighted by atomic mass is 16.5. The molecule has 14 heavy (non-hydrogen) atoms. The summed E-state index contributed by atoms with van der Waals surface area (Å²) in [4.78, 5) is 0. The molecule has 1 unspecified atom stereocenters. The Labute approximate surface area is 84.8 Å². The maximum atomic E-state index is 5.35. The maximum Gasteiger partial charge on any atom is 0.118 e. The van der Waals surface area contributed by atoms with E-state index in [1.54, 1.807) is 7.11 Å². The van der Waals surface area contributed by atoms with Gasteiger partial charge in [-0.2, -0.15) is 0 Å². The predicted molar refractivity (Wildman–Crippen MR) is 55.6 cm³/mol. The summed E-state index contributed by atoms with van der Waals surface area (Å²) in [7, 11) is 1.69. The lowest BCUT2D eigenvalue weighted by molar-refractivity contribution is 0.186. The average molecular weight is 192 g/mol. The van der Waals surface area contributed by atoms with E-state index in [2.05, 4.69) is 12.1 Å². The highest BCUT2D eigenvalue weighted by Gasteiger charge is 2.15. The molecule has 0 saturated carbocycles. The summed E-state index contributed by atoms with van der Waals surface area (Å²) in [5.41, 5.74) is 1.38. The van der Waals surface area contributed by atoms with Gasteiger partial charge in [-0.15, -0.1) is 0 Å². The third kappa shape index (κ3) is 2.26. The molecular formula is C12H16O2. The molecule has 2 nitrogen and oxygen atoms in total. The Bertz CT molecular complexity index is 273. The van der Waals surface area contributed by atoms with E-state index < -0.39 is 0 Å². The van der Waals surface area contributed by atoms with Crippen molar-refractivity contribution in [1.29, 1.82) is 0 Å². The van der Waals surface area contributed by atoms with Crippen LogP contribution < -0.4 is 4.74 Å². The third-order valence-corrected chi connectivity index (χ3v) is 2.71. The van der Waals surface area contributed by atoms with E-state index in [0.29, 0.717) is 5.92 Å². The van der Waals surface area contributed by atoms with E-state index in [4.69, 9.17) is 9.47 Å². The zero-order valence-electron chi connectivity index (χ0n) is 8.53. The van der Waals surface area contributed by atoms with Crippen LogP contribution in [0.25, 0.3) is 0 Å². The summed E-state index contributed by atoms with van der Waals surface area (Å²) in [6, 6.07) is 8.31. The monoisotopic (exact) mass is 192 g/mol. The van der Waals surface area contributed by atoms with Crippen LogP contribution >= 0.6 is 0 Å². The summed E-state index contributed by atoms with van der Waals surface area (Å²) >= 11 is 0. The molecule has 1 atom stereocenters. The van der Waals surface area contributed by atoms with Crippen LogP contribution in [-0.4, -0.2) is 20.3 Å². The Morgan fingerprint density at radius 3 is 2.71 bits per heavy atom. The average Bonchev–Trinajstić information content (AvgIpc) is 2.72. The number of methoxy groups -OCH3 is 1. The van der Waals surface area contributed by atoms with Crippen LogP contribution in [0.3, 0.4) is 0 Å². The van der Waals surface area contributed by atoms with E-state index in [9.17, 15) is 0 Å². The molecule has 0 amide bonds. The van der Waals surface area contributed by atoms with Crippen molar-refractivity contribution >= 4 is 0 Å². The summed E-state index contributed by atoms with van der Waals surface area (Å²) in [5.74, 6) is 1.64. The minimum atomic E-state index is 0.711. The molecule has 0 spiro atoms. The standard InChI is InChI=1S/C12H16O2/c1-13-12-4-2-10(3-5-12)8-11-6-7-14-9-11/h2-5,11H,6-9H2,1H3. The smallest absolute Gasteiger partial charge is 0.118 e. The zero-order valence-corrected chi connectivity index (χ0v) is 8.53. The van der Waals surface area contributed by atoms with Crippen molar-refractivity contribution in [3.05, 3.63) is 29.8 Å². The molecule has 1 aliphatic rings. The molecule has 1 saturated heterocycles. The van der Waals surface area contributed by atoms with Gasteiger partial charge in [-0.05, 0) is 36.5 Å². The molecule has 2 rings (SSSR count). The van der Waals surface area contributed by atoms with Crippen molar-refractivity contribution in [3.63, 3.8) is 0 Å². The fourth-order valence-electron chi connectivity index (χ4n) is 1.84. The van der Waals surface area contributed by atoms with E-state index in [1.165, 1.54) is 12.0 Å². The van der Waals surface area contributed by atoms with Crippen molar-refractivity contribution in [3.8, 4) is 5.75 Å². The molecule has 1 aromatic rings. The minimum absolute atomic E-state index is 0.711. The number of rotatable bonds is 3. The summed E-state index contributed by atoms with van der Waals surface area (Å²) < 4.78 is 10.5. The molecule has 1 aromatic carbocycles. The summed E-state index contributed by atoms with van der Waals surface area (Å²) in [5, 5.41) is 0. The first-order valence-electron chi connectivity index (χ1n) is 5.09. The van der Waals surface area contributed by atoms with Crippen molar-refractivity contribution < 1.29 is 9.47 Å². The number of ether oxygens (including phenoxy) is 2. The van der Waals surface area contributed by atoms with E-state index in [1.807, 2.05) is 12.1 Å². The Kier molecular flexibility index (Phi) is 3.04. The minimum Gasteiger partial charge on any atom is -0.497 e. The second kappa shape index (κ2) is 4.47. The van der Waals surface area contributed by atoms with Crippen LogP contribution in [0.15, 0.2) is 24.3 Å². The normalized spacial score (nSPS) is 21.1. The van der Waals surface area contributed by atoms with E-state index >= 15 is 0 Å². The summed E-state index contributed by atoms with van der Waals surface area (Å²) in [6.07, 6.45) is 2.33. The van der Waals surface area contributed by atoms with Gasteiger partial charge in [-0.1, -0.05) is 12.1 Å². The van der Waals surface area contributed by atoms with Gasteiger partial charge in [0.25, 0.3) is 0 Å². The van der Waals surface area contributed by atoms with Gasteiger partial charge in [0.1, 0.15) is 5.75 Å². The van der Waals surface area contributed by atoms with E-state index in [-0.39, 0.29) is 0 Å². The molecule has 1 heterocycles. The van der Waals surface area contributed by atoms with Gasteiger partial charge < -0.3 is 9.47 Å². The van der Waals surface area contributed by atoms with Gasteiger partial charge in [0, 0.05) is 13.2 Å². The molecule has 2 heteroatoms. The van der Waals surface area contributed by atoms with Crippen LogP contribution in [0.2, 0.25) is 0 Å². The Balaban J connectivity index is 1.95. The topological polar surface area (TPSA) is 18.5 Å². The predicted octanol–water partition coefficient (Wildman–Crippen LogP) is 2.27. The van der Waals surface area contributed by atoms with Gasteiger partial charge in [0.05, 0.1) is 7.11 Å². The van der Waals surface area contributed by atoms with Crippen molar-refractivity contribution in [1.82, 2.24) is 0 Å². The van der Waals surface area contributed by atoms with Gasteiger partial charge in [0.15, 0.2) is 0 Å².